The van der Waals surface area contributed by atoms with Crippen LogP contribution in [-0.4, -0.2) is 33.4 Å². The molecule has 144 valence electrons. The molecule has 0 aliphatic heterocycles. The average Bonchev–Trinajstić information content (AvgIpc) is 2.69. The third-order valence-electron chi connectivity index (χ3n) is 3.99. The Hall–Kier alpha value is -3.39. The van der Waals surface area contributed by atoms with Gasteiger partial charge in [-0.1, -0.05) is 12.1 Å². The minimum absolute atomic E-state index is 0.0644. The molecule has 1 amide bonds. The summed E-state index contributed by atoms with van der Waals surface area (Å²) in [4.78, 5) is 18.4. The Labute approximate surface area is 164 Å². The Morgan fingerprint density at radius 3 is 2.21 bits per heavy atom. The molecule has 3 aromatic rings. The Balaban J connectivity index is 1.76. The summed E-state index contributed by atoms with van der Waals surface area (Å²) in [6.45, 7) is 0. The molecule has 0 radical (unpaired) electrons. The van der Waals surface area contributed by atoms with Crippen molar-refractivity contribution in [3.05, 3.63) is 78.6 Å². The maximum absolute atomic E-state index is 12.5. The number of carbonyl (C=O) groups is 1. The molecule has 7 nitrogen and oxygen atoms in total. The predicted molar refractivity (Wildman–Crippen MR) is 110 cm³/mol. The van der Waals surface area contributed by atoms with E-state index in [-0.39, 0.29) is 10.8 Å². The first-order valence-corrected chi connectivity index (χ1v) is 9.96. The molecule has 0 aliphatic carbocycles. The minimum Gasteiger partial charge on any atom is -0.376 e. The fraction of sp³-hybridized carbons (Fsp3) is 0.100. The van der Waals surface area contributed by atoms with Crippen LogP contribution in [0.4, 0.5) is 17.1 Å². The van der Waals surface area contributed by atoms with Crippen LogP contribution in [0.3, 0.4) is 0 Å². The molecule has 0 bridgehead atoms. The first-order valence-electron chi connectivity index (χ1n) is 8.47. The molecule has 0 unspecified atom stereocenters. The molecule has 0 fully saturated rings. The highest BCUT2D eigenvalue weighted by Crippen LogP contribution is 2.24. The summed E-state index contributed by atoms with van der Waals surface area (Å²) >= 11 is 0. The van der Waals surface area contributed by atoms with E-state index in [9.17, 15) is 13.2 Å². The first-order chi connectivity index (χ1) is 13.4. The largest absolute Gasteiger partial charge is 0.376 e. The Morgan fingerprint density at radius 1 is 0.929 bits per heavy atom. The second kappa shape index (κ2) is 8.10. The Morgan fingerprint density at radius 2 is 1.57 bits per heavy atom. The van der Waals surface area contributed by atoms with Crippen molar-refractivity contribution in [2.24, 2.45) is 0 Å². The van der Waals surface area contributed by atoms with E-state index < -0.39 is 10.0 Å². The van der Waals surface area contributed by atoms with Crippen molar-refractivity contribution in [1.29, 1.82) is 0 Å². The lowest BCUT2D eigenvalue weighted by molar-refractivity contribution is 0.102. The number of anilines is 3. The monoisotopic (exact) mass is 396 g/mol. The number of carbonyl (C=O) groups excluding carboxylic acids is 1. The van der Waals surface area contributed by atoms with Crippen LogP contribution in [-0.2, 0) is 10.0 Å². The molecule has 0 saturated carbocycles. The Kier molecular flexibility index (Phi) is 5.60. The second-order valence-corrected chi connectivity index (χ2v) is 7.91. The van der Waals surface area contributed by atoms with E-state index in [1.165, 1.54) is 36.7 Å². The van der Waals surface area contributed by atoms with Gasteiger partial charge in [0.05, 0.1) is 22.0 Å². The van der Waals surface area contributed by atoms with Crippen molar-refractivity contribution in [3.8, 4) is 0 Å². The standard InChI is InChI=1S/C20H20N4O3S/c1-24(2)19-6-4-3-5-18(19)22-20(25)15-7-9-17(10-8-15)28(26,27)23-16-11-13-21-14-12-16/h3-14H,1-2H3,(H,21,23)(H,22,25). The molecule has 2 aromatic carbocycles. The quantitative estimate of drug-likeness (QED) is 0.668. The van der Waals surface area contributed by atoms with Crippen LogP contribution < -0.4 is 14.9 Å². The topological polar surface area (TPSA) is 91.4 Å². The van der Waals surface area contributed by atoms with Crippen LogP contribution in [0.2, 0.25) is 0 Å². The lowest BCUT2D eigenvalue weighted by Crippen LogP contribution is -2.17. The van der Waals surface area contributed by atoms with Crippen molar-refractivity contribution >= 4 is 33.0 Å². The van der Waals surface area contributed by atoms with E-state index in [0.717, 1.165) is 5.69 Å². The summed E-state index contributed by atoms with van der Waals surface area (Å²) in [5, 5.41) is 2.85. The van der Waals surface area contributed by atoms with Gasteiger partial charge in [-0.05, 0) is 48.5 Å². The van der Waals surface area contributed by atoms with Gasteiger partial charge in [-0.2, -0.15) is 0 Å². The summed E-state index contributed by atoms with van der Waals surface area (Å²) in [5.74, 6) is -0.319. The molecule has 1 heterocycles. The summed E-state index contributed by atoms with van der Waals surface area (Å²) in [5.41, 5.74) is 2.32. The molecular formula is C20H20N4O3S. The average molecular weight is 396 g/mol. The highest BCUT2D eigenvalue weighted by molar-refractivity contribution is 7.92. The highest BCUT2D eigenvalue weighted by atomic mass is 32.2. The fourth-order valence-corrected chi connectivity index (χ4v) is 3.64. The number of para-hydroxylation sites is 2. The summed E-state index contributed by atoms with van der Waals surface area (Å²) in [7, 11) is 0.0299. The molecule has 0 aliphatic rings. The maximum Gasteiger partial charge on any atom is 0.261 e. The third-order valence-corrected chi connectivity index (χ3v) is 5.39. The van der Waals surface area contributed by atoms with Gasteiger partial charge in [0.25, 0.3) is 15.9 Å². The SMILES string of the molecule is CN(C)c1ccccc1NC(=O)c1ccc(S(=O)(=O)Nc2ccncc2)cc1. The molecule has 0 saturated heterocycles. The third kappa shape index (κ3) is 4.47. The van der Waals surface area contributed by atoms with Crippen LogP contribution in [0, 0.1) is 0 Å². The number of pyridine rings is 1. The number of nitrogens with one attached hydrogen (secondary N) is 2. The minimum atomic E-state index is -3.75. The zero-order chi connectivity index (χ0) is 20.1. The number of nitrogens with zero attached hydrogens (tertiary/aromatic N) is 2. The molecule has 0 spiro atoms. The van der Waals surface area contributed by atoms with Crippen molar-refractivity contribution in [2.45, 2.75) is 4.90 Å². The van der Waals surface area contributed by atoms with E-state index in [1.807, 2.05) is 43.3 Å². The zero-order valence-corrected chi connectivity index (χ0v) is 16.3. The van der Waals surface area contributed by atoms with Crippen molar-refractivity contribution < 1.29 is 13.2 Å². The van der Waals surface area contributed by atoms with Gasteiger partial charge in [0.2, 0.25) is 0 Å². The number of sulfonamides is 1. The number of aromatic nitrogens is 1. The second-order valence-electron chi connectivity index (χ2n) is 6.23. The van der Waals surface area contributed by atoms with Crippen LogP contribution in [0.15, 0.2) is 78.0 Å². The van der Waals surface area contributed by atoms with Crippen molar-refractivity contribution in [3.63, 3.8) is 0 Å². The van der Waals surface area contributed by atoms with Gasteiger partial charge in [-0.25, -0.2) is 8.42 Å². The smallest absolute Gasteiger partial charge is 0.261 e. The van der Waals surface area contributed by atoms with Crippen LogP contribution >= 0.6 is 0 Å². The molecular weight excluding hydrogens is 376 g/mol. The molecule has 28 heavy (non-hydrogen) atoms. The molecule has 2 N–H and O–H groups in total. The van der Waals surface area contributed by atoms with Gasteiger partial charge in [-0.3, -0.25) is 14.5 Å². The van der Waals surface area contributed by atoms with E-state index >= 15 is 0 Å². The van der Waals surface area contributed by atoms with E-state index in [2.05, 4.69) is 15.0 Å². The predicted octanol–water partition coefficient (Wildman–Crippen LogP) is 3.20. The Bertz CT molecular complexity index is 1070. The lowest BCUT2D eigenvalue weighted by atomic mass is 10.2. The van der Waals surface area contributed by atoms with Crippen molar-refractivity contribution in [1.82, 2.24) is 4.98 Å². The summed E-state index contributed by atoms with van der Waals surface area (Å²) < 4.78 is 27.4. The zero-order valence-electron chi connectivity index (χ0n) is 15.5. The number of hydrogen-bond donors (Lipinski definition) is 2. The lowest BCUT2D eigenvalue weighted by Gasteiger charge is -2.17. The number of benzene rings is 2. The van der Waals surface area contributed by atoms with Crippen molar-refractivity contribution in [2.75, 3.05) is 29.0 Å². The van der Waals surface area contributed by atoms with Gasteiger partial charge < -0.3 is 10.2 Å². The van der Waals surface area contributed by atoms with Gasteiger partial charge in [-0.15, -0.1) is 0 Å². The highest BCUT2D eigenvalue weighted by Gasteiger charge is 2.16. The summed E-state index contributed by atoms with van der Waals surface area (Å²) in [6, 6.07) is 16.3. The molecule has 1 aromatic heterocycles. The van der Waals surface area contributed by atoms with E-state index in [0.29, 0.717) is 16.9 Å². The van der Waals surface area contributed by atoms with Crippen LogP contribution in [0.1, 0.15) is 10.4 Å². The maximum atomic E-state index is 12.5. The normalized spacial score (nSPS) is 10.9. The molecule has 0 atom stereocenters. The van der Waals surface area contributed by atoms with Crippen LogP contribution in [0.25, 0.3) is 0 Å². The van der Waals surface area contributed by atoms with Gasteiger partial charge in [0.15, 0.2) is 0 Å². The summed E-state index contributed by atoms with van der Waals surface area (Å²) in [6.07, 6.45) is 2.99. The number of rotatable bonds is 6. The fourth-order valence-electron chi connectivity index (χ4n) is 2.58. The van der Waals surface area contributed by atoms with E-state index in [1.54, 1.807) is 12.1 Å². The van der Waals surface area contributed by atoms with Crippen LogP contribution in [0.5, 0.6) is 0 Å². The number of hydrogen-bond acceptors (Lipinski definition) is 5. The van der Waals surface area contributed by atoms with Gasteiger partial charge in [0, 0.05) is 32.1 Å². The number of amides is 1. The van der Waals surface area contributed by atoms with Gasteiger partial charge >= 0.3 is 0 Å². The molecule has 3 rings (SSSR count). The van der Waals surface area contributed by atoms with E-state index in [4.69, 9.17) is 0 Å². The first kappa shape index (κ1) is 19.4. The molecule has 8 heteroatoms. The van der Waals surface area contributed by atoms with Gasteiger partial charge in [0.1, 0.15) is 0 Å².